The average Bonchev–Trinajstić information content (AvgIpc) is 3.11. The van der Waals surface area contributed by atoms with Crippen molar-refractivity contribution < 1.29 is 13.2 Å². The molecule has 1 aliphatic carbocycles. The van der Waals surface area contributed by atoms with Gasteiger partial charge in [0.15, 0.2) is 5.03 Å². The van der Waals surface area contributed by atoms with Crippen LogP contribution in [0.25, 0.3) is 0 Å². The maximum absolute atomic E-state index is 12.8. The molecule has 0 spiro atoms. The Hall–Kier alpha value is -0.960. The molecule has 2 atom stereocenters. The van der Waals surface area contributed by atoms with Crippen molar-refractivity contribution in [2.75, 3.05) is 13.1 Å². The second-order valence-electron chi connectivity index (χ2n) is 5.96. The Balaban J connectivity index is 1.78. The average molecular weight is 314 g/mol. The lowest BCUT2D eigenvalue weighted by Crippen LogP contribution is -2.48. The van der Waals surface area contributed by atoms with E-state index in [2.05, 4.69) is 15.5 Å². The number of hydrogen-bond donors (Lipinski definition) is 2. The van der Waals surface area contributed by atoms with Crippen LogP contribution < -0.4 is 5.32 Å². The lowest BCUT2D eigenvalue weighted by atomic mass is 10.3. The molecule has 2 heterocycles. The van der Waals surface area contributed by atoms with Gasteiger partial charge in [-0.05, 0) is 26.7 Å². The first-order valence-electron chi connectivity index (χ1n) is 7.38. The summed E-state index contributed by atoms with van der Waals surface area (Å²) in [6.07, 6.45) is 3.73. The standard InChI is InChI=1S/C13H22N4O3S/c1-9-7-17(8-10(2)20-9)21(18,19)13-11(6-15-16-13)5-14-12-3-4-12/h6,9-10,12,14H,3-5,7-8H2,1-2H3,(H,15,16). The molecule has 118 valence electrons. The third kappa shape index (κ3) is 3.28. The third-order valence-electron chi connectivity index (χ3n) is 3.82. The predicted octanol–water partition coefficient (Wildman–Crippen LogP) is 0.460. The van der Waals surface area contributed by atoms with Crippen molar-refractivity contribution in [1.82, 2.24) is 19.8 Å². The Labute approximate surface area is 125 Å². The summed E-state index contributed by atoms with van der Waals surface area (Å²) in [5.41, 5.74) is 0.702. The second kappa shape index (κ2) is 5.68. The van der Waals surface area contributed by atoms with Crippen LogP contribution in [0.1, 0.15) is 32.3 Å². The number of ether oxygens (including phenoxy) is 1. The van der Waals surface area contributed by atoms with Gasteiger partial charge in [-0.1, -0.05) is 0 Å². The largest absolute Gasteiger partial charge is 0.373 e. The maximum Gasteiger partial charge on any atom is 0.260 e. The molecule has 1 aromatic heterocycles. The van der Waals surface area contributed by atoms with Crippen LogP contribution in [0.2, 0.25) is 0 Å². The molecule has 7 nitrogen and oxygen atoms in total. The molecular formula is C13H22N4O3S. The van der Waals surface area contributed by atoms with E-state index in [1.807, 2.05) is 13.8 Å². The molecule has 0 radical (unpaired) electrons. The van der Waals surface area contributed by atoms with Crippen molar-refractivity contribution >= 4 is 10.0 Å². The topological polar surface area (TPSA) is 87.3 Å². The number of hydrogen-bond acceptors (Lipinski definition) is 5. The van der Waals surface area contributed by atoms with Crippen LogP contribution in [0, 0.1) is 0 Å². The van der Waals surface area contributed by atoms with Crippen molar-refractivity contribution in [3.8, 4) is 0 Å². The van der Waals surface area contributed by atoms with Crippen LogP contribution in [0.15, 0.2) is 11.2 Å². The van der Waals surface area contributed by atoms with Gasteiger partial charge in [-0.2, -0.15) is 9.40 Å². The molecule has 2 N–H and O–H groups in total. The molecule has 0 amide bonds. The van der Waals surface area contributed by atoms with Gasteiger partial charge in [-0.25, -0.2) is 8.42 Å². The van der Waals surface area contributed by atoms with Gasteiger partial charge in [-0.3, -0.25) is 5.10 Å². The predicted molar refractivity (Wildman–Crippen MR) is 77.2 cm³/mol. The zero-order valence-electron chi connectivity index (χ0n) is 12.4. The van der Waals surface area contributed by atoms with Gasteiger partial charge >= 0.3 is 0 Å². The minimum atomic E-state index is -3.55. The second-order valence-corrected chi connectivity index (χ2v) is 7.83. The van der Waals surface area contributed by atoms with E-state index in [1.54, 1.807) is 6.20 Å². The molecule has 2 aliphatic rings. The Bertz CT molecular complexity index is 586. The lowest BCUT2D eigenvalue weighted by Gasteiger charge is -2.34. The molecule has 1 aliphatic heterocycles. The molecule has 2 fully saturated rings. The minimum Gasteiger partial charge on any atom is -0.373 e. The van der Waals surface area contributed by atoms with Crippen LogP contribution >= 0.6 is 0 Å². The molecule has 1 saturated heterocycles. The van der Waals surface area contributed by atoms with E-state index in [0.717, 1.165) is 0 Å². The first-order valence-corrected chi connectivity index (χ1v) is 8.82. The SMILES string of the molecule is CC1CN(S(=O)(=O)c2[nH]ncc2CNC2CC2)CC(C)O1. The number of nitrogens with one attached hydrogen (secondary N) is 2. The van der Waals surface area contributed by atoms with E-state index in [-0.39, 0.29) is 17.2 Å². The Morgan fingerprint density at radius 1 is 1.38 bits per heavy atom. The van der Waals surface area contributed by atoms with Crippen molar-refractivity contribution in [2.24, 2.45) is 0 Å². The van der Waals surface area contributed by atoms with Crippen LogP contribution in [0.5, 0.6) is 0 Å². The maximum atomic E-state index is 12.8. The molecule has 21 heavy (non-hydrogen) atoms. The highest BCUT2D eigenvalue weighted by Gasteiger charge is 2.34. The molecule has 0 bridgehead atoms. The number of aromatic nitrogens is 2. The number of rotatable bonds is 5. The molecular weight excluding hydrogens is 292 g/mol. The van der Waals surface area contributed by atoms with E-state index >= 15 is 0 Å². The number of sulfonamides is 1. The monoisotopic (exact) mass is 314 g/mol. The third-order valence-corrected chi connectivity index (χ3v) is 5.67. The Morgan fingerprint density at radius 3 is 2.67 bits per heavy atom. The van der Waals surface area contributed by atoms with Gasteiger partial charge in [0.05, 0.1) is 18.4 Å². The summed E-state index contributed by atoms with van der Waals surface area (Å²) in [5, 5.41) is 10.1. The molecule has 1 saturated carbocycles. The smallest absolute Gasteiger partial charge is 0.260 e. The van der Waals surface area contributed by atoms with Crippen molar-refractivity contribution in [3.05, 3.63) is 11.8 Å². The van der Waals surface area contributed by atoms with Gasteiger partial charge in [0.2, 0.25) is 0 Å². The number of aromatic amines is 1. The van der Waals surface area contributed by atoms with Crippen molar-refractivity contribution in [2.45, 2.75) is 56.5 Å². The highest BCUT2D eigenvalue weighted by molar-refractivity contribution is 7.89. The number of H-pyrrole nitrogens is 1. The lowest BCUT2D eigenvalue weighted by molar-refractivity contribution is -0.0441. The normalized spacial score (nSPS) is 27.9. The molecule has 3 rings (SSSR count). The van der Waals surface area contributed by atoms with Gasteiger partial charge in [0, 0.05) is 31.2 Å². The highest BCUT2D eigenvalue weighted by atomic mass is 32.2. The summed E-state index contributed by atoms with van der Waals surface area (Å²) in [6, 6.07) is 0.527. The van der Waals surface area contributed by atoms with Crippen molar-refractivity contribution in [3.63, 3.8) is 0 Å². The summed E-state index contributed by atoms with van der Waals surface area (Å²) in [5.74, 6) is 0. The summed E-state index contributed by atoms with van der Waals surface area (Å²) < 4.78 is 32.7. The highest BCUT2D eigenvalue weighted by Crippen LogP contribution is 2.24. The summed E-state index contributed by atoms with van der Waals surface area (Å²) >= 11 is 0. The molecule has 8 heteroatoms. The fourth-order valence-corrected chi connectivity index (χ4v) is 4.34. The van der Waals surface area contributed by atoms with Gasteiger partial charge in [0.25, 0.3) is 10.0 Å². The van der Waals surface area contributed by atoms with Crippen LogP contribution in [0.3, 0.4) is 0 Å². The number of nitrogens with zero attached hydrogens (tertiary/aromatic N) is 2. The Kier molecular flexibility index (Phi) is 4.04. The molecule has 0 aromatic carbocycles. The zero-order valence-corrected chi connectivity index (χ0v) is 13.2. The van der Waals surface area contributed by atoms with Gasteiger partial charge in [-0.15, -0.1) is 0 Å². The zero-order chi connectivity index (χ0) is 15.0. The summed E-state index contributed by atoms with van der Waals surface area (Å²) in [4.78, 5) is 0. The van der Waals surface area contributed by atoms with Gasteiger partial charge in [0.1, 0.15) is 0 Å². The van der Waals surface area contributed by atoms with Crippen LogP contribution in [-0.2, 0) is 21.3 Å². The summed E-state index contributed by atoms with van der Waals surface area (Å²) in [6.45, 7) is 5.06. The van der Waals surface area contributed by atoms with E-state index < -0.39 is 10.0 Å². The van der Waals surface area contributed by atoms with Gasteiger partial charge < -0.3 is 10.1 Å². The van der Waals surface area contributed by atoms with E-state index in [9.17, 15) is 8.42 Å². The summed E-state index contributed by atoms with van der Waals surface area (Å²) in [7, 11) is -3.55. The molecule has 2 unspecified atom stereocenters. The quantitative estimate of drug-likeness (QED) is 0.824. The van der Waals surface area contributed by atoms with E-state index in [4.69, 9.17) is 4.74 Å². The van der Waals surface area contributed by atoms with E-state index in [1.165, 1.54) is 17.1 Å². The fourth-order valence-electron chi connectivity index (χ4n) is 2.65. The van der Waals surface area contributed by atoms with Crippen LogP contribution in [-0.4, -0.2) is 54.3 Å². The van der Waals surface area contributed by atoms with Crippen molar-refractivity contribution in [1.29, 1.82) is 0 Å². The first kappa shape index (κ1) is 15.0. The minimum absolute atomic E-state index is 0.0977. The van der Waals surface area contributed by atoms with Crippen LogP contribution in [0.4, 0.5) is 0 Å². The molecule has 1 aromatic rings. The first-order chi connectivity index (χ1) is 9.96. The Morgan fingerprint density at radius 2 is 2.05 bits per heavy atom. The van der Waals surface area contributed by atoms with E-state index in [0.29, 0.717) is 31.2 Å². The fraction of sp³-hybridized carbons (Fsp3) is 0.769. The number of morpholine rings is 1.